The zero-order valence-electron chi connectivity index (χ0n) is 30.0. The van der Waals surface area contributed by atoms with Crippen molar-refractivity contribution in [2.45, 2.75) is 92.2 Å². The summed E-state index contributed by atoms with van der Waals surface area (Å²) in [4.78, 5) is 42.7. The number of hydrogen-bond acceptors (Lipinski definition) is 12. The lowest BCUT2D eigenvalue weighted by Crippen LogP contribution is -2.47. The van der Waals surface area contributed by atoms with Crippen LogP contribution in [0.1, 0.15) is 79.2 Å². The number of hydrogen-bond donors (Lipinski definition) is 5. The van der Waals surface area contributed by atoms with Crippen LogP contribution >= 0.6 is 0 Å². The van der Waals surface area contributed by atoms with Crippen molar-refractivity contribution < 1.29 is 48.6 Å². The number of nitrogens with zero attached hydrogens (tertiary/aromatic N) is 1. The van der Waals surface area contributed by atoms with Crippen molar-refractivity contribution in [2.75, 3.05) is 40.6 Å². The summed E-state index contributed by atoms with van der Waals surface area (Å²) in [6, 6.07) is 5.24. The first-order valence-electron chi connectivity index (χ1n) is 16.6. The molecule has 1 aromatic rings. The Kier molecular flexibility index (Phi) is 19.6. The van der Waals surface area contributed by atoms with Crippen LogP contribution in [0.4, 0.5) is 0 Å². The van der Waals surface area contributed by atoms with E-state index in [0.29, 0.717) is 37.6 Å². The summed E-state index contributed by atoms with van der Waals surface area (Å²) < 4.78 is 22.5. The second-order valence-electron chi connectivity index (χ2n) is 13.6. The highest BCUT2D eigenvalue weighted by atomic mass is 17.1. The third-order valence-corrected chi connectivity index (χ3v) is 8.49. The molecule has 14 nitrogen and oxygen atoms in total. The summed E-state index contributed by atoms with van der Waals surface area (Å²) in [5.74, 6) is -0.493. The molecule has 0 bridgehead atoms. The Hall–Kier alpha value is -3.01. The van der Waals surface area contributed by atoms with Gasteiger partial charge in [0.15, 0.2) is 11.5 Å². The van der Waals surface area contributed by atoms with Crippen molar-refractivity contribution in [2.24, 2.45) is 40.6 Å². The molecule has 0 aliphatic heterocycles. The van der Waals surface area contributed by atoms with Gasteiger partial charge in [-0.25, -0.2) is 0 Å². The van der Waals surface area contributed by atoms with Gasteiger partial charge in [0.25, 0.3) is 0 Å². The van der Waals surface area contributed by atoms with E-state index in [9.17, 15) is 14.4 Å². The number of nitrogens with two attached hydrogens (primary N) is 2. The molecule has 0 fully saturated rings. The van der Waals surface area contributed by atoms with E-state index in [1.807, 2.05) is 32.0 Å². The number of carbonyl (C=O) groups is 3. The summed E-state index contributed by atoms with van der Waals surface area (Å²) >= 11 is 0. The predicted octanol–water partition coefficient (Wildman–Crippen LogP) is 3.64. The zero-order chi connectivity index (χ0) is 36.4. The molecular formula is C34H60N4O10. The van der Waals surface area contributed by atoms with Crippen molar-refractivity contribution >= 4 is 17.8 Å². The topological polar surface area (TPSA) is 205 Å². The molecule has 0 aliphatic rings. The Morgan fingerprint density at radius 3 is 2.21 bits per heavy atom. The van der Waals surface area contributed by atoms with Crippen LogP contribution in [0, 0.1) is 29.1 Å². The first kappa shape index (κ1) is 43.0. The number of esters is 1. The van der Waals surface area contributed by atoms with E-state index in [1.165, 1.54) is 0 Å². The van der Waals surface area contributed by atoms with Crippen LogP contribution in [0.5, 0.6) is 11.5 Å². The molecule has 0 saturated heterocycles. The monoisotopic (exact) mass is 684 g/mol. The molecule has 4 atom stereocenters. The van der Waals surface area contributed by atoms with E-state index in [1.54, 1.807) is 28.1 Å². The maximum absolute atomic E-state index is 13.4. The maximum atomic E-state index is 13.4. The molecule has 4 unspecified atom stereocenters. The van der Waals surface area contributed by atoms with Crippen molar-refractivity contribution in [3.63, 3.8) is 0 Å². The molecule has 2 amide bonds. The van der Waals surface area contributed by atoms with Crippen molar-refractivity contribution in [1.29, 1.82) is 0 Å². The van der Waals surface area contributed by atoms with Gasteiger partial charge >= 0.3 is 5.97 Å². The largest absolute Gasteiger partial charge is 0.493 e. The molecule has 14 heteroatoms. The lowest BCUT2D eigenvalue weighted by molar-refractivity contribution is -0.492. The quantitative estimate of drug-likeness (QED) is 0.0569. The fraction of sp³-hybridized carbons (Fsp3) is 0.735. The number of nitrogens with one attached hydrogen (secondary N) is 1. The Labute approximate surface area is 285 Å². The van der Waals surface area contributed by atoms with Gasteiger partial charge < -0.3 is 35.7 Å². The zero-order valence-corrected chi connectivity index (χ0v) is 30.0. The van der Waals surface area contributed by atoms with E-state index >= 15 is 0 Å². The summed E-state index contributed by atoms with van der Waals surface area (Å²) in [5, 5.41) is 19.9. The van der Waals surface area contributed by atoms with E-state index in [2.05, 4.69) is 24.0 Å². The Morgan fingerprint density at radius 2 is 1.65 bits per heavy atom. The molecule has 7 N–H and O–H groups in total. The Morgan fingerprint density at radius 1 is 0.958 bits per heavy atom. The number of ether oxygens (including phenoxy) is 4. The van der Waals surface area contributed by atoms with Gasteiger partial charge in [-0.2, -0.15) is 0 Å². The summed E-state index contributed by atoms with van der Waals surface area (Å²) in [5.41, 5.74) is 12.4. The molecule has 276 valence electrons. The lowest BCUT2D eigenvalue weighted by Gasteiger charge is -2.33. The number of primary amides is 1. The molecular weight excluding hydrogens is 624 g/mol. The molecule has 48 heavy (non-hydrogen) atoms. The molecule has 0 heterocycles. The third-order valence-electron chi connectivity index (χ3n) is 8.49. The average Bonchev–Trinajstić information content (AvgIpc) is 3.01. The molecule has 0 spiro atoms. The first-order valence-corrected chi connectivity index (χ1v) is 16.6. The lowest BCUT2D eigenvalue weighted by atomic mass is 9.80. The van der Waals surface area contributed by atoms with E-state index in [4.69, 9.17) is 40.8 Å². The van der Waals surface area contributed by atoms with Gasteiger partial charge in [0.1, 0.15) is 6.10 Å². The van der Waals surface area contributed by atoms with Crippen molar-refractivity contribution in [3.05, 3.63) is 23.8 Å². The highest BCUT2D eigenvalue weighted by Crippen LogP contribution is 2.32. The number of methoxy groups -OCH3 is 2. The molecule has 0 saturated carbocycles. The smallest absolute Gasteiger partial charge is 0.306 e. The Bertz CT molecular complexity index is 1120. The normalized spacial score (nSPS) is 14.5. The number of rotatable bonds is 25. The van der Waals surface area contributed by atoms with E-state index < -0.39 is 40.7 Å². The summed E-state index contributed by atoms with van der Waals surface area (Å²) in [6.45, 7) is 12.3. The minimum absolute atomic E-state index is 0.0585. The van der Waals surface area contributed by atoms with Gasteiger partial charge in [0.2, 0.25) is 11.8 Å². The van der Waals surface area contributed by atoms with Gasteiger partial charge in [-0.3, -0.25) is 29.6 Å². The van der Waals surface area contributed by atoms with Crippen LogP contribution < -0.4 is 26.3 Å². The highest BCUT2D eigenvalue weighted by Gasteiger charge is 2.34. The van der Waals surface area contributed by atoms with Crippen LogP contribution in [0.2, 0.25) is 0 Å². The van der Waals surface area contributed by atoms with Gasteiger partial charge in [0.05, 0.1) is 31.1 Å². The molecule has 0 radical (unpaired) electrons. The highest BCUT2D eigenvalue weighted by molar-refractivity contribution is 5.83. The van der Waals surface area contributed by atoms with Crippen LogP contribution in [0.25, 0.3) is 0 Å². The summed E-state index contributed by atoms with van der Waals surface area (Å²) in [6.07, 6.45) is 1.38. The second-order valence-corrected chi connectivity index (χ2v) is 13.6. The summed E-state index contributed by atoms with van der Waals surface area (Å²) in [7, 11) is 3.24. The minimum Gasteiger partial charge on any atom is -0.493 e. The predicted molar refractivity (Wildman–Crippen MR) is 179 cm³/mol. The number of amides is 2. The van der Waals surface area contributed by atoms with Crippen LogP contribution in [0.15, 0.2) is 18.2 Å². The van der Waals surface area contributed by atoms with Gasteiger partial charge in [0, 0.05) is 45.1 Å². The maximum Gasteiger partial charge on any atom is 0.306 e. The van der Waals surface area contributed by atoms with Crippen molar-refractivity contribution in [1.82, 2.24) is 10.7 Å². The van der Waals surface area contributed by atoms with Crippen LogP contribution in [-0.4, -0.2) is 86.3 Å². The van der Waals surface area contributed by atoms with Crippen LogP contribution in [-0.2, 0) is 35.1 Å². The molecule has 1 aromatic carbocycles. The molecule has 0 aliphatic carbocycles. The number of benzene rings is 1. The fourth-order valence-electron chi connectivity index (χ4n) is 5.10. The SMILES string of the molecule is COCCCOc1cc(CC(CC(N)C(CC(C(=O)NCC(C)(C)C(N)=O)C(C)C)OC(=O)CCCON(O)O)C(C)C)ccc1OC. The average molecular weight is 685 g/mol. The first-order chi connectivity index (χ1) is 22.5. The molecule has 0 aromatic heterocycles. The molecule has 1 rings (SSSR count). The van der Waals surface area contributed by atoms with E-state index in [0.717, 1.165) is 12.0 Å². The fourth-order valence-corrected chi connectivity index (χ4v) is 5.10. The van der Waals surface area contributed by atoms with Gasteiger partial charge in [-0.1, -0.05) is 33.8 Å². The van der Waals surface area contributed by atoms with Crippen molar-refractivity contribution in [3.8, 4) is 11.5 Å². The second kappa shape index (κ2) is 21.9. The number of carbonyl (C=O) groups excluding carboxylic acids is 3. The minimum atomic E-state index is -0.943. The van der Waals surface area contributed by atoms with Gasteiger partial charge in [-0.05, 0) is 75.0 Å². The Balaban J connectivity index is 3.21. The van der Waals surface area contributed by atoms with Crippen LogP contribution in [0.3, 0.4) is 0 Å². The third kappa shape index (κ3) is 15.9. The standard InChI is InChI=1S/C34H60N4O10/c1-22(2)25(17-24-12-13-28(45-8)30(18-24)46-15-10-14-44-7)19-27(35)29(48-31(39)11-9-16-47-38(42)43)20-26(23(3)4)32(40)37-21-34(5,6)33(36)41/h12-13,18,22-23,25-27,29,42-43H,9-11,14-17,19-21,35H2,1-8H3,(H2,36,41)(H,37,40). The van der Waals surface area contributed by atoms with E-state index in [-0.39, 0.29) is 56.1 Å². The van der Waals surface area contributed by atoms with Gasteiger partial charge in [-0.15, -0.1) is 0 Å².